The smallest absolute Gasteiger partial charge is 0.254 e. The molecule has 0 aliphatic carbocycles. The number of carbonyl (C=O) groups excluding carboxylic acids is 1. The number of carbonyl (C=O) groups is 1. The number of fused-ring (bicyclic) bond motifs is 3. The number of nitrogens with zero attached hydrogens (tertiary/aromatic N) is 4. The first kappa shape index (κ1) is 14.1. The molecule has 0 unspecified atom stereocenters. The Hall–Kier alpha value is -2.48. The molecule has 23 heavy (non-hydrogen) atoms. The second kappa shape index (κ2) is 5.31. The van der Waals surface area contributed by atoms with Gasteiger partial charge in [0.15, 0.2) is 11.6 Å². The van der Waals surface area contributed by atoms with Gasteiger partial charge in [-0.2, -0.15) is 0 Å². The van der Waals surface area contributed by atoms with Gasteiger partial charge in [-0.1, -0.05) is 5.21 Å². The van der Waals surface area contributed by atoms with Crippen molar-refractivity contribution >= 4 is 5.91 Å². The number of ether oxygens (including phenoxy) is 1. The minimum Gasteiger partial charge on any atom is -0.505 e. The third-order valence-corrected chi connectivity index (χ3v) is 4.41. The highest BCUT2D eigenvalue weighted by atomic mass is 19.1. The minimum atomic E-state index is -0.801. The molecule has 1 amide bonds. The lowest BCUT2D eigenvalue weighted by Crippen LogP contribution is -2.49. The number of likely N-dealkylation sites (tertiary alicyclic amines) is 1. The molecule has 120 valence electrons. The summed E-state index contributed by atoms with van der Waals surface area (Å²) in [5, 5.41) is 17.2. The topological polar surface area (TPSA) is 80.5 Å². The molecule has 2 aliphatic heterocycles. The van der Waals surface area contributed by atoms with Gasteiger partial charge in [0.2, 0.25) is 0 Å². The van der Waals surface area contributed by atoms with E-state index in [0.717, 1.165) is 11.8 Å². The predicted molar refractivity (Wildman–Crippen MR) is 76.2 cm³/mol. The highest BCUT2D eigenvalue weighted by Gasteiger charge is 2.38. The molecule has 2 aliphatic rings. The first-order valence-corrected chi connectivity index (χ1v) is 7.42. The summed E-state index contributed by atoms with van der Waals surface area (Å²) in [6, 6.07) is 3.59. The van der Waals surface area contributed by atoms with Crippen LogP contribution in [0.2, 0.25) is 0 Å². The lowest BCUT2D eigenvalue weighted by molar-refractivity contribution is -0.0605. The predicted octanol–water partition coefficient (Wildman–Crippen LogP) is 1.11. The number of rotatable bonds is 1. The molecule has 8 heteroatoms. The number of piperidine rings is 1. The molecule has 1 aromatic carbocycles. The van der Waals surface area contributed by atoms with Crippen molar-refractivity contribution in [3.63, 3.8) is 0 Å². The maximum Gasteiger partial charge on any atom is 0.254 e. The molecule has 4 rings (SSSR count). The van der Waals surface area contributed by atoms with Gasteiger partial charge in [-0.25, -0.2) is 9.07 Å². The number of hydrogen-bond donors (Lipinski definition) is 1. The Kier molecular flexibility index (Phi) is 3.26. The molecule has 0 spiro atoms. The summed E-state index contributed by atoms with van der Waals surface area (Å²) < 4.78 is 21.1. The summed E-state index contributed by atoms with van der Waals surface area (Å²) in [5.74, 6) is -1.53. The fourth-order valence-electron chi connectivity index (χ4n) is 3.19. The Morgan fingerprint density at radius 3 is 3.13 bits per heavy atom. The average molecular weight is 318 g/mol. The van der Waals surface area contributed by atoms with Crippen LogP contribution in [0.3, 0.4) is 0 Å². The molecular weight excluding hydrogens is 303 g/mol. The molecule has 1 fully saturated rings. The summed E-state index contributed by atoms with van der Waals surface area (Å²) in [6.45, 7) is 1.44. The Morgan fingerprint density at radius 2 is 2.30 bits per heavy atom. The summed E-state index contributed by atoms with van der Waals surface area (Å²) >= 11 is 0. The van der Waals surface area contributed by atoms with Crippen molar-refractivity contribution < 1.29 is 19.0 Å². The van der Waals surface area contributed by atoms with Gasteiger partial charge in [-0.05, 0) is 24.6 Å². The Bertz CT molecular complexity index is 763. The van der Waals surface area contributed by atoms with Crippen LogP contribution in [-0.2, 0) is 11.3 Å². The van der Waals surface area contributed by atoms with E-state index in [2.05, 4.69) is 10.3 Å². The summed E-state index contributed by atoms with van der Waals surface area (Å²) in [4.78, 5) is 14.2. The van der Waals surface area contributed by atoms with Crippen molar-refractivity contribution in [1.29, 1.82) is 0 Å². The highest BCUT2D eigenvalue weighted by molar-refractivity contribution is 5.94. The zero-order valence-corrected chi connectivity index (χ0v) is 12.2. The van der Waals surface area contributed by atoms with Gasteiger partial charge in [0.05, 0.1) is 30.6 Å². The summed E-state index contributed by atoms with van der Waals surface area (Å²) in [7, 11) is 0. The maximum atomic E-state index is 13.5. The molecule has 1 aromatic heterocycles. The van der Waals surface area contributed by atoms with E-state index >= 15 is 0 Å². The van der Waals surface area contributed by atoms with Gasteiger partial charge in [-0.15, -0.1) is 5.10 Å². The van der Waals surface area contributed by atoms with Gasteiger partial charge in [-0.3, -0.25) is 4.79 Å². The van der Waals surface area contributed by atoms with Crippen molar-refractivity contribution in [3.05, 3.63) is 41.5 Å². The average Bonchev–Trinajstić information content (AvgIpc) is 3.05. The van der Waals surface area contributed by atoms with E-state index in [1.54, 1.807) is 11.1 Å². The molecule has 2 atom stereocenters. The van der Waals surface area contributed by atoms with E-state index in [0.29, 0.717) is 26.1 Å². The lowest BCUT2D eigenvalue weighted by atomic mass is 9.99. The van der Waals surface area contributed by atoms with E-state index in [-0.39, 0.29) is 23.6 Å². The van der Waals surface area contributed by atoms with Crippen molar-refractivity contribution in [2.45, 2.75) is 25.2 Å². The first-order valence-electron chi connectivity index (χ1n) is 7.42. The molecule has 0 saturated carbocycles. The first-order chi connectivity index (χ1) is 11.1. The van der Waals surface area contributed by atoms with Crippen LogP contribution in [-0.4, -0.2) is 50.1 Å². The van der Waals surface area contributed by atoms with Crippen molar-refractivity contribution in [2.75, 3.05) is 13.1 Å². The third kappa shape index (κ3) is 2.35. The van der Waals surface area contributed by atoms with E-state index in [1.165, 1.54) is 12.1 Å². The van der Waals surface area contributed by atoms with Crippen LogP contribution in [0.1, 0.15) is 28.5 Å². The molecule has 2 aromatic rings. The molecular formula is C15H15FN4O3. The molecule has 1 N–H and O–H groups in total. The van der Waals surface area contributed by atoms with Gasteiger partial charge in [0.1, 0.15) is 0 Å². The molecule has 7 nitrogen and oxygen atoms in total. The largest absolute Gasteiger partial charge is 0.505 e. The van der Waals surface area contributed by atoms with Gasteiger partial charge in [0, 0.05) is 18.7 Å². The van der Waals surface area contributed by atoms with Crippen LogP contribution in [0.25, 0.3) is 0 Å². The number of halogens is 1. The highest BCUT2D eigenvalue weighted by Crippen LogP contribution is 2.30. The zero-order chi connectivity index (χ0) is 16.0. The van der Waals surface area contributed by atoms with Crippen molar-refractivity contribution in [1.82, 2.24) is 19.9 Å². The lowest BCUT2D eigenvalue weighted by Gasteiger charge is -2.41. The zero-order valence-electron chi connectivity index (χ0n) is 12.2. The molecule has 1 saturated heterocycles. The van der Waals surface area contributed by atoms with Crippen LogP contribution in [0.4, 0.5) is 4.39 Å². The number of amides is 1. The fourth-order valence-corrected chi connectivity index (χ4v) is 3.19. The number of benzene rings is 1. The van der Waals surface area contributed by atoms with Crippen LogP contribution in [0.15, 0.2) is 24.4 Å². The van der Waals surface area contributed by atoms with Crippen LogP contribution < -0.4 is 0 Å². The van der Waals surface area contributed by atoms with Crippen molar-refractivity contribution in [3.8, 4) is 5.75 Å². The van der Waals surface area contributed by atoms with Crippen molar-refractivity contribution in [2.24, 2.45) is 0 Å². The van der Waals surface area contributed by atoms with E-state index in [4.69, 9.17) is 4.74 Å². The van der Waals surface area contributed by atoms with Gasteiger partial charge >= 0.3 is 0 Å². The summed E-state index contributed by atoms with van der Waals surface area (Å²) in [6.07, 6.45) is 2.35. The second-order valence-electron chi connectivity index (χ2n) is 5.79. The van der Waals surface area contributed by atoms with Crippen LogP contribution in [0, 0.1) is 5.82 Å². The quantitative estimate of drug-likeness (QED) is 0.852. The normalized spacial score (nSPS) is 23.3. The van der Waals surface area contributed by atoms with E-state index < -0.39 is 11.6 Å². The maximum absolute atomic E-state index is 13.5. The SMILES string of the molecule is O=C(c1ccc(O)c(F)c1)N1CC[C@@H]2OCc3cnnn3[C@@H]2C1. The number of phenolic OH excluding ortho intramolecular Hbond substituents is 1. The number of aromatic hydroxyl groups is 1. The van der Waals surface area contributed by atoms with E-state index in [1.807, 2.05) is 4.68 Å². The monoisotopic (exact) mass is 318 g/mol. The fraction of sp³-hybridized carbons (Fsp3) is 0.400. The van der Waals surface area contributed by atoms with Crippen LogP contribution >= 0.6 is 0 Å². The molecule has 0 bridgehead atoms. The Labute approximate surface area is 131 Å². The second-order valence-corrected chi connectivity index (χ2v) is 5.79. The number of phenols is 1. The standard InChI is InChI=1S/C15H15FN4O3/c16-11-5-9(1-2-13(11)21)15(22)19-4-3-14-12(7-19)20-10(8-23-14)6-17-18-20/h1-2,5-6,12,14,21H,3-4,7-8H2/t12-,14+/m1/s1. The Morgan fingerprint density at radius 1 is 1.43 bits per heavy atom. The van der Waals surface area contributed by atoms with Gasteiger partial charge in [0.25, 0.3) is 5.91 Å². The van der Waals surface area contributed by atoms with Crippen LogP contribution in [0.5, 0.6) is 5.75 Å². The van der Waals surface area contributed by atoms with Gasteiger partial charge < -0.3 is 14.7 Å². The molecule has 3 heterocycles. The third-order valence-electron chi connectivity index (χ3n) is 4.41. The number of aromatic nitrogens is 3. The molecule has 0 radical (unpaired) electrons. The Balaban J connectivity index is 1.57. The van der Waals surface area contributed by atoms with E-state index in [9.17, 15) is 14.3 Å². The summed E-state index contributed by atoms with van der Waals surface area (Å²) in [5.41, 5.74) is 1.10. The minimum absolute atomic E-state index is 0.00445. The number of hydrogen-bond acceptors (Lipinski definition) is 5.